The zero-order valence-electron chi connectivity index (χ0n) is 11.8. The van der Waals surface area contributed by atoms with Crippen molar-refractivity contribution < 1.29 is 9.47 Å². The Morgan fingerprint density at radius 2 is 1.22 bits per heavy atom. The van der Waals surface area contributed by atoms with Gasteiger partial charge in [-0.15, -0.1) is 0 Å². The van der Waals surface area contributed by atoms with E-state index in [-0.39, 0.29) is 0 Å². The second-order valence-electron chi connectivity index (χ2n) is 3.66. The van der Waals surface area contributed by atoms with Gasteiger partial charge in [-0.1, -0.05) is 25.0 Å². The fraction of sp³-hybridized carbons (Fsp3) is 0.375. The van der Waals surface area contributed by atoms with Crippen LogP contribution in [0.2, 0.25) is 0 Å². The smallest absolute Gasteiger partial charge is 0.115 e. The minimum Gasteiger partial charge on any atom is -0.494 e. The van der Waals surface area contributed by atoms with Gasteiger partial charge in [0.2, 0.25) is 0 Å². The van der Waals surface area contributed by atoms with Gasteiger partial charge in [0.05, 0.1) is 13.2 Å². The van der Waals surface area contributed by atoms with Gasteiger partial charge in [-0.25, -0.2) is 0 Å². The molecule has 0 radical (unpaired) electrons. The molecule has 0 rings (SSSR count). The summed E-state index contributed by atoms with van der Waals surface area (Å²) in [5.74, 6) is 7.17. The minimum absolute atomic E-state index is 0.616. The summed E-state index contributed by atoms with van der Waals surface area (Å²) >= 11 is 0. The second kappa shape index (κ2) is 9.18. The van der Waals surface area contributed by atoms with Crippen LogP contribution in [0.3, 0.4) is 0 Å². The quantitative estimate of drug-likeness (QED) is 0.401. The number of rotatable bonds is 6. The van der Waals surface area contributed by atoms with Crippen molar-refractivity contribution in [1.29, 1.82) is 0 Å². The molecule has 0 heterocycles. The Bertz CT molecular complexity index is 376. The first kappa shape index (κ1) is 16.1. The molecule has 0 atom stereocenters. The summed E-state index contributed by atoms with van der Waals surface area (Å²) in [7, 11) is 0. The molecule has 0 saturated carbocycles. The van der Waals surface area contributed by atoms with Gasteiger partial charge >= 0.3 is 0 Å². The third-order valence-corrected chi connectivity index (χ3v) is 2.18. The number of ether oxygens (including phenoxy) is 2. The predicted molar refractivity (Wildman–Crippen MR) is 76.8 cm³/mol. The summed E-state index contributed by atoms with van der Waals surface area (Å²) in [6, 6.07) is 0. The van der Waals surface area contributed by atoms with Crippen LogP contribution in [0, 0.1) is 11.8 Å². The van der Waals surface area contributed by atoms with Crippen molar-refractivity contribution >= 4 is 0 Å². The summed E-state index contributed by atoms with van der Waals surface area (Å²) in [5.41, 5.74) is 1.86. The molecule has 0 aliphatic rings. The van der Waals surface area contributed by atoms with Crippen LogP contribution in [0.25, 0.3) is 0 Å². The first-order valence-electron chi connectivity index (χ1n) is 6.01. The van der Waals surface area contributed by atoms with Crippen LogP contribution in [0.1, 0.15) is 27.7 Å². The van der Waals surface area contributed by atoms with E-state index in [1.54, 1.807) is 12.2 Å². The van der Waals surface area contributed by atoms with Crippen molar-refractivity contribution in [2.45, 2.75) is 27.7 Å². The van der Waals surface area contributed by atoms with Gasteiger partial charge in [0.15, 0.2) is 0 Å². The molecule has 0 aliphatic carbocycles. The molecule has 0 aromatic carbocycles. The Kier molecular flexibility index (Phi) is 8.22. The maximum absolute atomic E-state index is 5.27. The van der Waals surface area contributed by atoms with Gasteiger partial charge < -0.3 is 9.47 Å². The van der Waals surface area contributed by atoms with Gasteiger partial charge in [-0.3, -0.25) is 0 Å². The van der Waals surface area contributed by atoms with Crippen LogP contribution in [-0.4, -0.2) is 13.2 Å². The van der Waals surface area contributed by atoms with Crippen LogP contribution < -0.4 is 0 Å². The highest BCUT2D eigenvalue weighted by Gasteiger charge is 1.95. The monoisotopic (exact) mass is 246 g/mol. The van der Waals surface area contributed by atoms with Crippen molar-refractivity contribution in [1.82, 2.24) is 0 Å². The Morgan fingerprint density at radius 1 is 0.889 bits per heavy atom. The summed E-state index contributed by atoms with van der Waals surface area (Å²) in [4.78, 5) is 0. The van der Waals surface area contributed by atoms with Crippen LogP contribution >= 0.6 is 0 Å². The molecule has 0 bridgehead atoms. The number of hydrogen-bond donors (Lipinski definition) is 0. The molecule has 0 amide bonds. The van der Waals surface area contributed by atoms with Crippen LogP contribution in [0.15, 0.2) is 48.0 Å². The van der Waals surface area contributed by atoms with Gasteiger partial charge in [0.25, 0.3) is 0 Å². The average Bonchev–Trinajstić information content (AvgIpc) is 2.34. The Balaban J connectivity index is 4.51. The summed E-state index contributed by atoms with van der Waals surface area (Å²) in [6.45, 7) is 16.5. The lowest BCUT2D eigenvalue weighted by Crippen LogP contribution is -1.91. The molecular weight excluding hydrogens is 224 g/mol. The molecule has 0 aromatic heterocycles. The molecule has 0 N–H and O–H groups in total. The summed E-state index contributed by atoms with van der Waals surface area (Å²) in [6.07, 6.45) is 3.57. The van der Waals surface area contributed by atoms with Crippen LogP contribution in [-0.2, 0) is 9.47 Å². The Hall–Kier alpha value is -1.88. The first-order chi connectivity index (χ1) is 8.52. The molecule has 0 saturated heterocycles. The van der Waals surface area contributed by atoms with Gasteiger partial charge in [0, 0.05) is 0 Å². The van der Waals surface area contributed by atoms with E-state index < -0.39 is 0 Å². The van der Waals surface area contributed by atoms with E-state index >= 15 is 0 Å². The fourth-order valence-corrected chi connectivity index (χ4v) is 1.04. The zero-order chi connectivity index (χ0) is 14.0. The Labute approximate surface area is 111 Å². The standard InChI is InChI=1S/C16H22O2/c1-7-17-15(5)13(3)11-9-10-12-14(4)16(6)18-8-2/h11-12H,5-8H2,1-4H3. The van der Waals surface area contributed by atoms with Crippen LogP contribution in [0.5, 0.6) is 0 Å². The van der Waals surface area contributed by atoms with E-state index in [1.165, 1.54) is 0 Å². The lowest BCUT2D eigenvalue weighted by molar-refractivity contribution is 0.239. The zero-order valence-corrected chi connectivity index (χ0v) is 11.8. The van der Waals surface area contributed by atoms with Crippen molar-refractivity contribution in [3.05, 3.63) is 48.0 Å². The minimum atomic E-state index is 0.616. The summed E-state index contributed by atoms with van der Waals surface area (Å²) in [5, 5.41) is 0. The SMILES string of the molecule is C=C(OCC)C(C)=CC#CC=C(C)C(=C)OCC. The molecule has 18 heavy (non-hydrogen) atoms. The fourth-order valence-electron chi connectivity index (χ4n) is 1.04. The van der Waals surface area contributed by atoms with Crippen molar-refractivity contribution in [2.24, 2.45) is 0 Å². The van der Waals surface area contributed by atoms with E-state index in [0.29, 0.717) is 24.7 Å². The first-order valence-corrected chi connectivity index (χ1v) is 6.01. The molecule has 0 spiro atoms. The molecule has 0 unspecified atom stereocenters. The third kappa shape index (κ3) is 6.65. The second-order valence-corrected chi connectivity index (χ2v) is 3.66. The number of hydrogen-bond acceptors (Lipinski definition) is 2. The van der Waals surface area contributed by atoms with E-state index in [2.05, 4.69) is 25.0 Å². The highest BCUT2D eigenvalue weighted by atomic mass is 16.5. The highest BCUT2D eigenvalue weighted by Crippen LogP contribution is 2.08. The lowest BCUT2D eigenvalue weighted by Gasteiger charge is -2.05. The van der Waals surface area contributed by atoms with Crippen molar-refractivity contribution in [3.63, 3.8) is 0 Å². The maximum atomic E-state index is 5.27. The molecule has 0 fully saturated rings. The van der Waals surface area contributed by atoms with Crippen molar-refractivity contribution in [3.8, 4) is 11.8 Å². The van der Waals surface area contributed by atoms with E-state index in [9.17, 15) is 0 Å². The van der Waals surface area contributed by atoms with E-state index in [4.69, 9.17) is 9.47 Å². The predicted octanol–water partition coefficient (Wildman–Crippen LogP) is 3.98. The van der Waals surface area contributed by atoms with Crippen LogP contribution in [0.4, 0.5) is 0 Å². The van der Waals surface area contributed by atoms with Gasteiger partial charge in [0.1, 0.15) is 11.5 Å². The third-order valence-electron chi connectivity index (χ3n) is 2.18. The van der Waals surface area contributed by atoms with Gasteiger partial charge in [-0.2, -0.15) is 0 Å². The van der Waals surface area contributed by atoms with Gasteiger partial charge in [-0.05, 0) is 51.0 Å². The summed E-state index contributed by atoms with van der Waals surface area (Å²) < 4.78 is 10.5. The molecule has 2 heteroatoms. The van der Waals surface area contributed by atoms with Crippen molar-refractivity contribution in [2.75, 3.05) is 13.2 Å². The molecule has 98 valence electrons. The highest BCUT2D eigenvalue weighted by molar-refractivity contribution is 5.36. The average molecular weight is 246 g/mol. The molecule has 2 nitrogen and oxygen atoms in total. The maximum Gasteiger partial charge on any atom is 0.115 e. The topological polar surface area (TPSA) is 18.5 Å². The van der Waals surface area contributed by atoms with E-state index in [0.717, 1.165) is 11.1 Å². The molecular formula is C16H22O2. The Morgan fingerprint density at radius 3 is 1.50 bits per heavy atom. The largest absolute Gasteiger partial charge is 0.494 e. The van der Waals surface area contributed by atoms with E-state index in [1.807, 2.05) is 27.7 Å². The lowest BCUT2D eigenvalue weighted by atomic mass is 10.2. The normalized spacial score (nSPS) is 11.3. The number of allylic oxidation sites excluding steroid dienone is 4. The molecule has 0 aliphatic heterocycles. The molecule has 0 aromatic rings.